The number of nitrogens with zero attached hydrogens (tertiary/aromatic N) is 2. The van der Waals surface area contributed by atoms with Gasteiger partial charge in [0.15, 0.2) is 0 Å². The molecule has 0 unspecified atom stereocenters. The van der Waals surface area contributed by atoms with Gasteiger partial charge in [-0.1, -0.05) is 87.1 Å². The minimum Gasteiger partial charge on any atom is -0.267 e. The summed E-state index contributed by atoms with van der Waals surface area (Å²) < 4.78 is 0. The topological polar surface area (TPSA) is 82.9 Å². The van der Waals surface area contributed by atoms with Gasteiger partial charge in [0.2, 0.25) is 0 Å². The van der Waals surface area contributed by atoms with Gasteiger partial charge in [-0.2, -0.15) is 10.2 Å². The van der Waals surface area contributed by atoms with Crippen molar-refractivity contribution in [2.75, 3.05) is 0 Å². The monoisotopic (exact) mass is 562 g/mol. The number of hydrogen-bond donors (Lipinski definition) is 2. The van der Waals surface area contributed by atoms with Gasteiger partial charge in [0.25, 0.3) is 11.8 Å². The maximum atomic E-state index is 12.7. The first kappa shape index (κ1) is 29.4. The zero-order valence-electron chi connectivity index (χ0n) is 24.9. The summed E-state index contributed by atoms with van der Waals surface area (Å²) >= 11 is 0. The van der Waals surface area contributed by atoms with Crippen LogP contribution in [-0.4, -0.2) is 23.2 Å². The Morgan fingerprint density at radius 3 is 1.14 bits per heavy atom. The fraction of sp³-hybridized carbons (Fsp3) is 0.389. The molecule has 2 aliphatic rings. The number of amides is 2. The second-order valence-corrected chi connectivity index (χ2v) is 11.8. The van der Waals surface area contributed by atoms with Crippen molar-refractivity contribution in [3.63, 3.8) is 0 Å². The number of rotatable bonds is 8. The fourth-order valence-electron chi connectivity index (χ4n) is 6.17. The lowest BCUT2D eigenvalue weighted by molar-refractivity contribution is 0.0943. The van der Waals surface area contributed by atoms with Crippen LogP contribution in [0.3, 0.4) is 0 Å². The van der Waals surface area contributed by atoms with Crippen LogP contribution in [0.1, 0.15) is 133 Å². The summed E-state index contributed by atoms with van der Waals surface area (Å²) in [4.78, 5) is 25.4. The number of carbonyl (C=O) groups is 2. The van der Waals surface area contributed by atoms with Crippen molar-refractivity contribution in [2.45, 2.75) is 89.9 Å². The Morgan fingerprint density at radius 2 is 0.810 bits per heavy atom. The molecule has 3 aromatic rings. The summed E-state index contributed by atoms with van der Waals surface area (Å²) in [5.41, 5.74) is 12.4. The lowest BCUT2D eigenvalue weighted by Gasteiger charge is -2.22. The zero-order chi connectivity index (χ0) is 29.3. The molecule has 0 aliphatic heterocycles. The standard InChI is InChI=1S/C36H42N4O2/c1-25(27-13-17-31(18-14-27)29-9-5-3-6-10-29)37-39-35(41)33-21-23-34(24-22-33)36(42)40-38-26(2)28-15-19-32(20-16-28)30-11-7-4-8-12-30/h13-24,29-30H,3-12H2,1-2H3,(H,39,41)(H,40,42)/b37-25+,38-26+. The molecule has 5 rings (SSSR count). The average Bonchev–Trinajstić information content (AvgIpc) is 3.06. The Morgan fingerprint density at radius 1 is 0.500 bits per heavy atom. The minimum absolute atomic E-state index is 0.328. The molecule has 0 atom stereocenters. The van der Waals surface area contributed by atoms with E-state index in [2.05, 4.69) is 69.6 Å². The largest absolute Gasteiger partial charge is 0.271 e. The van der Waals surface area contributed by atoms with Crippen LogP contribution < -0.4 is 10.9 Å². The van der Waals surface area contributed by atoms with Crippen molar-refractivity contribution in [3.05, 3.63) is 106 Å². The summed E-state index contributed by atoms with van der Waals surface area (Å²) in [6, 6.07) is 23.6. The van der Waals surface area contributed by atoms with Gasteiger partial charge in [-0.15, -0.1) is 0 Å². The van der Waals surface area contributed by atoms with Crippen molar-refractivity contribution in [3.8, 4) is 0 Å². The molecule has 0 heterocycles. The van der Waals surface area contributed by atoms with Crippen LogP contribution in [0.5, 0.6) is 0 Å². The van der Waals surface area contributed by atoms with E-state index in [1.165, 1.54) is 75.3 Å². The first-order chi connectivity index (χ1) is 20.5. The lowest BCUT2D eigenvalue weighted by atomic mass is 9.84. The van der Waals surface area contributed by atoms with Gasteiger partial charge in [-0.25, -0.2) is 10.9 Å². The Labute approximate surface area is 249 Å². The molecule has 0 aromatic heterocycles. The van der Waals surface area contributed by atoms with Gasteiger partial charge in [0.1, 0.15) is 0 Å². The SMILES string of the molecule is C/C(=N\NC(=O)c1ccc(C(=O)N/N=C(\C)c2ccc(C3CCCCC3)cc2)cc1)c1ccc(C2CCCCC2)cc1. The summed E-state index contributed by atoms with van der Waals surface area (Å²) in [6.07, 6.45) is 13.0. The van der Waals surface area contributed by atoms with Crippen LogP contribution in [0, 0.1) is 0 Å². The quantitative estimate of drug-likeness (QED) is 0.215. The highest BCUT2D eigenvalue weighted by molar-refractivity contribution is 6.02. The minimum atomic E-state index is -0.328. The van der Waals surface area contributed by atoms with E-state index in [9.17, 15) is 9.59 Å². The number of carbonyl (C=O) groups excluding carboxylic acids is 2. The molecule has 2 fully saturated rings. The number of benzene rings is 3. The third kappa shape index (κ3) is 7.61. The Bertz CT molecular complexity index is 1300. The Kier molecular flexibility index (Phi) is 9.96. The first-order valence-electron chi connectivity index (χ1n) is 15.5. The molecule has 2 aliphatic carbocycles. The van der Waals surface area contributed by atoms with Crippen LogP contribution in [0.15, 0.2) is 83.0 Å². The van der Waals surface area contributed by atoms with Crippen LogP contribution in [0.25, 0.3) is 0 Å². The van der Waals surface area contributed by atoms with E-state index in [0.717, 1.165) is 22.6 Å². The third-order valence-electron chi connectivity index (χ3n) is 8.87. The van der Waals surface area contributed by atoms with Crippen molar-refractivity contribution in [1.29, 1.82) is 0 Å². The molecule has 6 nitrogen and oxygen atoms in total. The zero-order valence-corrected chi connectivity index (χ0v) is 24.9. The molecular formula is C36H42N4O2. The lowest BCUT2D eigenvalue weighted by Crippen LogP contribution is -2.21. The molecule has 6 heteroatoms. The van der Waals surface area contributed by atoms with Crippen LogP contribution in [0.2, 0.25) is 0 Å². The van der Waals surface area contributed by atoms with E-state index in [1.54, 1.807) is 24.3 Å². The highest BCUT2D eigenvalue weighted by Crippen LogP contribution is 2.33. The van der Waals surface area contributed by atoms with E-state index in [4.69, 9.17) is 0 Å². The van der Waals surface area contributed by atoms with Crippen LogP contribution >= 0.6 is 0 Å². The molecule has 0 radical (unpaired) electrons. The third-order valence-corrected chi connectivity index (χ3v) is 8.87. The predicted octanol–water partition coefficient (Wildman–Crippen LogP) is 8.09. The van der Waals surface area contributed by atoms with Crippen molar-refractivity contribution >= 4 is 23.2 Å². The van der Waals surface area contributed by atoms with Crippen molar-refractivity contribution in [1.82, 2.24) is 10.9 Å². The normalized spacial score (nSPS) is 17.1. The summed E-state index contributed by atoms with van der Waals surface area (Å²) in [5.74, 6) is 0.666. The Balaban J connectivity index is 1.12. The molecule has 2 amide bonds. The molecule has 0 saturated heterocycles. The van der Waals surface area contributed by atoms with Crippen LogP contribution in [-0.2, 0) is 0 Å². The van der Waals surface area contributed by atoms with Crippen LogP contribution in [0.4, 0.5) is 0 Å². The maximum absolute atomic E-state index is 12.7. The highest BCUT2D eigenvalue weighted by Gasteiger charge is 2.17. The van der Waals surface area contributed by atoms with E-state index in [-0.39, 0.29) is 11.8 Å². The second-order valence-electron chi connectivity index (χ2n) is 11.8. The Hall–Kier alpha value is -4.06. The van der Waals surface area contributed by atoms with Gasteiger partial charge in [0, 0.05) is 11.1 Å². The highest BCUT2D eigenvalue weighted by atomic mass is 16.2. The molecular weight excluding hydrogens is 520 g/mol. The average molecular weight is 563 g/mol. The summed E-state index contributed by atoms with van der Waals surface area (Å²) in [6.45, 7) is 3.77. The molecule has 2 saturated carbocycles. The van der Waals surface area contributed by atoms with Gasteiger partial charge in [-0.3, -0.25) is 9.59 Å². The fourth-order valence-corrected chi connectivity index (χ4v) is 6.17. The van der Waals surface area contributed by atoms with Gasteiger partial charge in [-0.05, 0) is 97.9 Å². The van der Waals surface area contributed by atoms with Gasteiger partial charge in [0.05, 0.1) is 11.4 Å². The van der Waals surface area contributed by atoms with Gasteiger partial charge < -0.3 is 0 Å². The van der Waals surface area contributed by atoms with E-state index in [1.807, 2.05) is 13.8 Å². The summed E-state index contributed by atoms with van der Waals surface area (Å²) in [5, 5.41) is 8.60. The first-order valence-corrected chi connectivity index (χ1v) is 15.5. The number of nitrogens with one attached hydrogen (secondary N) is 2. The predicted molar refractivity (Wildman–Crippen MR) is 170 cm³/mol. The van der Waals surface area contributed by atoms with E-state index in [0.29, 0.717) is 23.0 Å². The number of hydrogen-bond acceptors (Lipinski definition) is 4. The molecule has 0 spiro atoms. The van der Waals surface area contributed by atoms with Crippen molar-refractivity contribution in [2.24, 2.45) is 10.2 Å². The molecule has 42 heavy (non-hydrogen) atoms. The van der Waals surface area contributed by atoms with E-state index >= 15 is 0 Å². The van der Waals surface area contributed by atoms with Gasteiger partial charge >= 0.3 is 0 Å². The number of hydrazone groups is 2. The van der Waals surface area contributed by atoms with E-state index < -0.39 is 0 Å². The molecule has 218 valence electrons. The van der Waals surface area contributed by atoms with Crippen molar-refractivity contribution < 1.29 is 9.59 Å². The molecule has 3 aromatic carbocycles. The smallest absolute Gasteiger partial charge is 0.267 e. The molecule has 0 bridgehead atoms. The second kappa shape index (κ2) is 14.2. The maximum Gasteiger partial charge on any atom is 0.271 e. The summed E-state index contributed by atoms with van der Waals surface area (Å²) in [7, 11) is 0. The molecule has 2 N–H and O–H groups in total.